The van der Waals surface area contributed by atoms with E-state index in [2.05, 4.69) is 40.7 Å². The van der Waals surface area contributed by atoms with Gasteiger partial charge in [0.15, 0.2) is 0 Å². The summed E-state index contributed by atoms with van der Waals surface area (Å²) in [6, 6.07) is 8.75. The highest BCUT2D eigenvalue weighted by atomic mass is 16.5. The van der Waals surface area contributed by atoms with Crippen molar-refractivity contribution in [2.75, 3.05) is 26.8 Å². The highest BCUT2D eigenvalue weighted by Crippen LogP contribution is 2.37. The lowest BCUT2D eigenvalue weighted by Gasteiger charge is -2.35. The molecule has 1 atom stereocenters. The van der Waals surface area contributed by atoms with E-state index in [1.807, 2.05) is 0 Å². The Morgan fingerprint density at radius 1 is 1.14 bits per heavy atom. The number of hydrogen-bond acceptors (Lipinski definition) is 2. The van der Waals surface area contributed by atoms with Crippen molar-refractivity contribution in [1.82, 2.24) is 9.47 Å². The number of benzene rings is 1. The highest BCUT2D eigenvalue weighted by Gasteiger charge is 2.33. The van der Waals surface area contributed by atoms with Crippen molar-refractivity contribution in [3.8, 4) is 0 Å². The van der Waals surface area contributed by atoms with Crippen molar-refractivity contribution < 1.29 is 9.53 Å². The van der Waals surface area contributed by atoms with Crippen LogP contribution in [-0.2, 0) is 16.1 Å². The van der Waals surface area contributed by atoms with Gasteiger partial charge < -0.3 is 14.2 Å². The first kappa shape index (κ1) is 19.5. The molecule has 28 heavy (non-hydrogen) atoms. The molecule has 1 aromatic carbocycles. The van der Waals surface area contributed by atoms with Crippen molar-refractivity contribution in [2.24, 2.45) is 5.92 Å². The minimum absolute atomic E-state index is 0.285. The molecule has 0 N–H and O–H groups in total. The lowest BCUT2D eigenvalue weighted by Crippen LogP contribution is -2.42. The Kier molecular flexibility index (Phi) is 6.05. The summed E-state index contributed by atoms with van der Waals surface area (Å²) in [6.45, 7) is 5.85. The molecule has 2 fully saturated rings. The van der Waals surface area contributed by atoms with E-state index in [0.717, 1.165) is 51.9 Å². The molecule has 1 saturated heterocycles. The van der Waals surface area contributed by atoms with Crippen molar-refractivity contribution in [3.05, 3.63) is 35.5 Å². The predicted octanol–water partition coefficient (Wildman–Crippen LogP) is 4.88. The number of carbonyl (C=O) groups is 1. The summed E-state index contributed by atoms with van der Waals surface area (Å²) in [5, 5.41) is 1.36. The third-order valence-corrected chi connectivity index (χ3v) is 6.83. The van der Waals surface area contributed by atoms with Crippen molar-refractivity contribution in [3.63, 3.8) is 0 Å². The number of amides is 1. The summed E-state index contributed by atoms with van der Waals surface area (Å²) in [5.41, 5.74) is 4.17. The summed E-state index contributed by atoms with van der Waals surface area (Å²) in [4.78, 5) is 15.2. The van der Waals surface area contributed by atoms with E-state index in [9.17, 15) is 4.79 Å². The standard InChI is InChI=1S/C24H34N2O2/c1-18-21-12-5-6-13-22(21)26(15-8-16-28-2)23(18)20-11-7-14-25(17-20)24(27)19-9-3-4-10-19/h5-6,12-13,19-20H,3-4,7-11,14-17H2,1-2H3. The fourth-order valence-electron chi connectivity index (χ4n) is 5.46. The summed E-state index contributed by atoms with van der Waals surface area (Å²) < 4.78 is 7.82. The zero-order valence-corrected chi connectivity index (χ0v) is 17.5. The molecule has 2 aromatic rings. The molecule has 4 nitrogen and oxygen atoms in total. The summed E-state index contributed by atoms with van der Waals surface area (Å²) >= 11 is 0. The normalized spacial score (nSPS) is 20.9. The van der Waals surface area contributed by atoms with Crippen LogP contribution in [0.4, 0.5) is 0 Å². The topological polar surface area (TPSA) is 34.5 Å². The molecule has 1 unspecified atom stereocenters. The van der Waals surface area contributed by atoms with Gasteiger partial charge in [0, 0.05) is 61.8 Å². The zero-order chi connectivity index (χ0) is 19.5. The molecule has 1 aliphatic heterocycles. The molecule has 2 aliphatic rings. The second-order valence-corrected chi connectivity index (χ2v) is 8.63. The fourth-order valence-corrected chi connectivity index (χ4v) is 5.46. The summed E-state index contributed by atoms with van der Waals surface area (Å²) in [7, 11) is 1.77. The van der Waals surface area contributed by atoms with E-state index < -0.39 is 0 Å². The average molecular weight is 383 g/mol. The Bertz CT molecular complexity index is 819. The molecule has 152 valence electrons. The van der Waals surface area contributed by atoms with Crippen LogP contribution in [0.25, 0.3) is 10.9 Å². The van der Waals surface area contributed by atoms with Gasteiger partial charge in [-0.2, -0.15) is 0 Å². The number of piperidine rings is 1. The van der Waals surface area contributed by atoms with Crippen LogP contribution in [0.1, 0.15) is 62.1 Å². The summed E-state index contributed by atoms with van der Waals surface area (Å²) in [5.74, 6) is 1.14. The van der Waals surface area contributed by atoms with Crippen molar-refractivity contribution >= 4 is 16.8 Å². The van der Waals surface area contributed by atoms with Gasteiger partial charge in [-0.15, -0.1) is 0 Å². The molecule has 4 rings (SSSR count). The SMILES string of the molecule is COCCCn1c(C2CCCN(C(=O)C3CCCC3)C2)c(C)c2ccccc21. The van der Waals surface area contributed by atoms with Gasteiger partial charge in [-0.1, -0.05) is 31.0 Å². The predicted molar refractivity (Wildman–Crippen MR) is 114 cm³/mol. The minimum atomic E-state index is 0.285. The lowest BCUT2D eigenvalue weighted by atomic mass is 9.91. The number of aromatic nitrogens is 1. The molecule has 0 bridgehead atoms. The van der Waals surface area contributed by atoms with Crippen LogP contribution in [0.5, 0.6) is 0 Å². The van der Waals surface area contributed by atoms with Gasteiger partial charge in [-0.3, -0.25) is 4.79 Å². The maximum Gasteiger partial charge on any atom is 0.225 e. The number of methoxy groups -OCH3 is 1. The number of aryl methyl sites for hydroxylation is 2. The van der Waals surface area contributed by atoms with Crippen LogP contribution in [0.3, 0.4) is 0 Å². The maximum absolute atomic E-state index is 13.0. The van der Waals surface area contributed by atoms with Gasteiger partial charge in [-0.05, 0) is 50.7 Å². The Morgan fingerprint density at radius 3 is 2.71 bits per heavy atom. The third-order valence-electron chi connectivity index (χ3n) is 6.83. The quantitative estimate of drug-likeness (QED) is 0.667. The van der Waals surface area contributed by atoms with Gasteiger partial charge in [0.1, 0.15) is 0 Å². The van der Waals surface area contributed by atoms with Gasteiger partial charge in [-0.25, -0.2) is 0 Å². The molecule has 0 radical (unpaired) electrons. The Morgan fingerprint density at radius 2 is 1.93 bits per heavy atom. The van der Waals surface area contributed by atoms with Gasteiger partial charge in [0.2, 0.25) is 5.91 Å². The first-order valence-electron chi connectivity index (χ1n) is 11.1. The number of fused-ring (bicyclic) bond motifs is 1. The number of carbonyl (C=O) groups excluding carboxylic acids is 1. The second kappa shape index (κ2) is 8.69. The number of hydrogen-bond donors (Lipinski definition) is 0. The van der Waals surface area contributed by atoms with Crippen molar-refractivity contribution in [2.45, 2.75) is 64.3 Å². The Balaban J connectivity index is 1.62. The van der Waals surface area contributed by atoms with Crippen molar-refractivity contribution in [1.29, 1.82) is 0 Å². The number of ether oxygens (including phenoxy) is 1. The Labute approximate surface area is 168 Å². The van der Waals surface area contributed by atoms with Crippen LogP contribution in [-0.4, -0.2) is 42.2 Å². The van der Waals surface area contributed by atoms with E-state index in [0.29, 0.717) is 11.8 Å². The summed E-state index contributed by atoms with van der Waals surface area (Å²) in [6.07, 6.45) is 7.94. The first-order valence-corrected chi connectivity index (χ1v) is 11.1. The van der Waals surface area contributed by atoms with Gasteiger partial charge in [0.25, 0.3) is 0 Å². The third kappa shape index (κ3) is 3.71. The fraction of sp³-hybridized carbons (Fsp3) is 0.625. The maximum atomic E-state index is 13.0. The van der Waals surface area contributed by atoms with Gasteiger partial charge >= 0.3 is 0 Å². The molecule has 0 spiro atoms. The largest absolute Gasteiger partial charge is 0.385 e. The lowest BCUT2D eigenvalue weighted by molar-refractivity contribution is -0.136. The van der Waals surface area contributed by atoms with Crippen LogP contribution in [0, 0.1) is 12.8 Å². The Hall–Kier alpha value is -1.81. The number of para-hydroxylation sites is 1. The van der Waals surface area contributed by atoms with E-state index in [4.69, 9.17) is 4.74 Å². The molecule has 2 heterocycles. The number of rotatable bonds is 6. The zero-order valence-electron chi connectivity index (χ0n) is 17.5. The minimum Gasteiger partial charge on any atom is -0.385 e. The van der Waals surface area contributed by atoms with Crippen LogP contribution in [0.15, 0.2) is 24.3 Å². The monoisotopic (exact) mass is 382 g/mol. The number of nitrogens with zero attached hydrogens (tertiary/aromatic N) is 2. The molecule has 1 aliphatic carbocycles. The molecule has 1 aromatic heterocycles. The van der Waals surface area contributed by atoms with Crippen LogP contribution in [0.2, 0.25) is 0 Å². The average Bonchev–Trinajstić information content (AvgIpc) is 3.36. The van der Waals surface area contributed by atoms with Gasteiger partial charge in [0.05, 0.1) is 0 Å². The van der Waals surface area contributed by atoms with E-state index >= 15 is 0 Å². The second-order valence-electron chi connectivity index (χ2n) is 8.63. The molecule has 1 amide bonds. The van der Waals surface area contributed by atoms with E-state index in [1.54, 1.807) is 7.11 Å². The molecule has 1 saturated carbocycles. The van der Waals surface area contributed by atoms with E-state index in [1.165, 1.54) is 41.4 Å². The number of likely N-dealkylation sites (tertiary alicyclic amines) is 1. The first-order chi connectivity index (χ1) is 13.7. The van der Waals surface area contributed by atoms with Crippen LogP contribution >= 0.6 is 0 Å². The highest BCUT2D eigenvalue weighted by molar-refractivity contribution is 5.85. The smallest absolute Gasteiger partial charge is 0.225 e. The van der Waals surface area contributed by atoms with E-state index in [-0.39, 0.29) is 5.92 Å². The molecular weight excluding hydrogens is 348 g/mol. The molecular formula is C24H34N2O2. The molecule has 4 heteroatoms. The van der Waals surface area contributed by atoms with Crippen LogP contribution < -0.4 is 0 Å².